The molecule has 0 bridgehead atoms. The Bertz CT molecular complexity index is 366. The molecule has 13 heavy (non-hydrogen) atoms. The molecule has 0 spiro atoms. The number of hydrogen-bond acceptors (Lipinski definition) is 2. The highest BCUT2D eigenvalue weighted by atomic mass is 35.7. The van der Waals surface area contributed by atoms with Gasteiger partial charge in [-0.2, -0.15) is 0 Å². The van der Waals surface area contributed by atoms with Crippen molar-refractivity contribution < 1.29 is 8.42 Å². The van der Waals surface area contributed by atoms with Crippen molar-refractivity contribution in [3.63, 3.8) is 0 Å². The van der Waals surface area contributed by atoms with E-state index in [4.69, 9.17) is 22.3 Å². The first kappa shape index (κ1) is 11.1. The van der Waals surface area contributed by atoms with E-state index in [1.54, 1.807) is 32.1 Å². The molecule has 0 saturated heterocycles. The number of halogens is 2. The van der Waals surface area contributed by atoms with Crippen molar-refractivity contribution in [3.05, 3.63) is 23.8 Å². The molecule has 1 aliphatic rings. The first-order valence-corrected chi connectivity index (χ1v) is 6.48. The van der Waals surface area contributed by atoms with Crippen LogP contribution in [0.5, 0.6) is 0 Å². The fraction of sp³-hybridized carbons (Fsp3) is 0.500. The molecule has 0 N–H and O–H groups in total. The van der Waals surface area contributed by atoms with Gasteiger partial charge < -0.3 is 0 Å². The third-order valence-corrected chi connectivity index (χ3v) is 4.24. The minimum absolute atomic E-state index is 0.853. The van der Waals surface area contributed by atoms with E-state index in [1.807, 2.05) is 0 Å². The zero-order chi connectivity index (χ0) is 10.3. The minimum Gasteiger partial charge on any atom is -0.212 e. The van der Waals surface area contributed by atoms with E-state index in [-0.39, 0.29) is 0 Å². The van der Waals surface area contributed by atoms with Crippen molar-refractivity contribution in [2.75, 3.05) is 0 Å². The third kappa shape index (κ3) is 2.48. The lowest BCUT2D eigenvalue weighted by molar-refractivity contribution is 0.592. The van der Waals surface area contributed by atoms with Gasteiger partial charge in [-0.3, -0.25) is 0 Å². The summed E-state index contributed by atoms with van der Waals surface area (Å²) < 4.78 is 22.3. The number of allylic oxidation sites excluding steroid dienone is 3. The van der Waals surface area contributed by atoms with Crippen molar-refractivity contribution in [2.45, 2.75) is 24.0 Å². The van der Waals surface area contributed by atoms with Crippen LogP contribution in [-0.2, 0) is 9.05 Å². The third-order valence-electron chi connectivity index (χ3n) is 1.95. The largest absolute Gasteiger partial charge is 0.241 e. The molecule has 0 aliphatic heterocycles. The SMILES string of the molecule is CC1=CC(S(=O)(=O)Cl)C(C)(Cl)C=C1. The molecule has 74 valence electrons. The fourth-order valence-electron chi connectivity index (χ4n) is 1.20. The van der Waals surface area contributed by atoms with Gasteiger partial charge >= 0.3 is 0 Å². The van der Waals surface area contributed by atoms with Gasteiger partial charge in [-0.15, -0.1) is 11.6 Å². The van der Waals surface area contributed by atoms with Gasteiger partial charge in [-0.05, 0) is 13.8 Å². The van der Waals surface area contributed by atoms with Crippen molar-refractivity contribution in [1.82, 2.24) is 0 Å². The van der Waals surface area contributed by atoms with Crippen molar-refractivity contribution in [3.8, 4) is 0 Å². The van der Waals surface area contributed by atoms with Crippen molar-refractivity contribution >= 4 is 31.3 Å². The van der Waals surface area contributed by atoms with Crippen LogP contribution in [0.2, 0.25) is 0 Å². The summed E-state index contributed by atoms with van der Waals surface area (Å²) in [6.07, 6.45) is 5.00. The second kappa shape index (κ2) is 3.30. The lowest BCUT2D eigenvalue weighted by atomic mass is 9.98. The van der Waals surface area contributed by atoms with Crippen molar-refractivity contribution in [1.29, 1.82) is 0 Å². The molecule has 1 aliphatic carbocycles. The van der Waals surface area contributed by atoms with Crippen LogP contribution in [0.15, 0.2) is 23.8 Å². The van der Waals surface area contributed by atoms with Gasteiger partial charge in [0.1, 0.15) is 5.25 Å². The maximum atomic E-state index is 11.1. The average molecular weight is 241 g/mol. The number of hydrogen-bond donors (Lipinski definition) is 0. The van der Waals surface area contributed by atoms with E-state index in [2.05, 4.69) is 0 Å². The highest BCUT2D eigenvalue weighted by molar-refractivity contribution is 8.14. The van der Waals surface area contributed by atoms with E-state index in [0.29, 0.717) is 0 Å². The van der Waals surface area contributed by atoms with E-state index in [0.717, 1.165) is 5.57 Å². The number of rotatable bonds is 1. The van der Waals surface area contributed by atoms with Gasteiger partial charge in [0.2, 0.25) is 9.05 Å². The summed E-state index contributed by atoms with van der Waals surface area (Å²) in [7, 11) is 1.62. The summed E-state index contributed by atoms with van der Waals surface area (Å²) in [5, 5.41) is -0.853. The average Bonchev–Trinajstić information content (AvgIpc) is 1.92. The molecule has 2 unspecified atom stereocenters. The summed E-state index contributed by atoms with van der Waals surface area (Å²) in [6.45, 7) is 3.43. The zero-order valence-corrected chi connectivity index (χ0v) is 9.62. The Morgan fingerprint density at radius 2 is 2.08 bits per heavy atom. The van der Waals surface area contributed by atoms with E-state index in [9.17, 15) is 8.42 Å². The molecule has 0 amide bonds. The van der Waals surface area contributed by atoms with Gasteiger partial charge in [0.25, 0.3) is 0 Å². The standard InChI is InChI=1S/C8H10Cl2O2S/c1-6-3-4-8(2,9)7(5-6)13(10,11)12/h3-5,7H,1-2H3. The van der Waals surface area contributed by atoms with E-state index < -0.39 is 19.2 Å². The quantitative estimate of drug-likeness (QED) is 0.522. The van der Waals surface area contributed by atoms with Crippen LogP contribution < -0.4 is 0 Å². The summed E-state index contributed by atoms with van der Waals surface area (Å²) in [6, 6.07) is 0. The van der Waals surface area contributed by atoms with E-state index in [1.165, 1.54) is 0 Å². The highest BCUT2D eigenvalue weighted by Gasteiger charge is 2.38. The van der Waals surface area contributed by atoms with Gasteiger partial charge in [-0.1, -0.05) is 23.8 Å². The van der Waals surface area contributed by atoms with Crippen LogP contribution in [0.1, 0.15) is 13.8 Å². The lowest BCUT2D eigenvalue weighted by Crippen LogP contribution is -2.36. The predicted molar refractivity (Wildman–Crippen MR) is 55.7 cm³/mol. The van der Waals surface area contributed by atoms with Crippen LogP contribution in [0.3, 0.4) is 0 Å². The Hall–Kier alpha value is 0.01000. The minimum atomic E-state index is -3.65. The van der Waals surface area contributed by atoms with Gasteiger partial charge in [0.05, 0.1) is 4.87 Å². The van der Waals surface area contributed by atoms with Crippen molar-refractivity contribution in [2.24, 2.45) is 0 Å². The lowest BCUT2D eigenvalue weighted by Gasteiger charge is -2.27. The van der Waals surface area contributed by atoms with Crippen LogP contribution >= 0.6 is 22.3 Å². The molecule has 0 aromatic heterocycles. The molecule has 0 fully saturated rings. The second-order valence-corrected chi connectivity index (χ2v) is 6.86. The van der Waals surface area contributed by atoms with Gasteiger partial charge in [0, 0.05) is 10.7 Å². The fourth-order valence-corrected chi connectivity index (χ4v) is 3.53. The molecule has 0 saturated carbocycles. The molecule has 0 heterocycles. The van der Waals surface area contributed by atoms with Gasteiger partial charge in [-0.25, -0.2) is 8.42 Å². The molecule has 1 rings (SSSR count). The molecule has 5 heteroatoms. The van der Waals surface area contributed by atoms with Crippen LogP contribution in [-0.4, -0.2) is 18.5 Å². The summed E-state index contributed by atoms with van der Waals surface area (Å²) in [5.41, 5.74) is 0.854. The van der Waals surface area contributed by atoms with Gasteiger partial charge in [0.15, 0.2) is 0 Å². The van der Waals surface area contributed by atoms with Crippen LogP contribution in [0.25, 0.3) is 0 Å². The smallest absolute Gasteiger partial charge is 0.212 e. The Labute approximate surface area is 87.6 Å². The topological polar surface area (TPSA) is 34.1 Å². The summed E-state index contributed by atoms with van der Waals surface area (Å²) in [4.78, 5) is -0.944. The molecular formula is C8H10Cl2O2S. The first-order chi connectivity index (χ1) is 5.73. The predicted octanol–water partition coefficient (Wildman–Crippen LogP) is 2.44. The summed E-state index contributed by atoms with van der Waals surface area (Å²) >= 11 is 5.99. The molecule has 0 aromatic rings. The Balaban J connectivity index is 3.17. The Kier molecular flexibility index (Phi) is 2.81. The molecule has 0 aromatic carbocycles. The molecule has 2 nitrogen and oxygen atoms in total. The summed E-state index contributed by atoms with van der Waals surface area (Å²) in [5.74, 6) is 0. The maximum absolute atomic E-state index is 11.1. The Morgan fingerprint density at radius 1 is 1.54 bits per heavy atom. The monoisotopic (exact) mass is 240 g/mol. The molecular weight excluding hydrogens is 231 g/mol. The highest BCUT2D eigenvalue weighted by Crippen LogP contribution is 2.33. The molecule has 0 radical (unpaired) electrons. The Morgan fingerprint density at radius 3 is 2.46 bits per heavy atom. The first-order valence-electron chi connectivity index (χ1n) is 3.73. The second-order valence-electron chi connectivity index (χ2n) is 3.29. The van der Waals surface area contributed by atoms with Crippen LogP contribution in [0.4, 0.5) is 0 Å². The molecule has 2 atom stereocenters. The van der Waals surface area contributed by atoms with E-state index >= 15 is 0 Å². The normalized spacial score (nSPS) is 34.5. The maximum Gasteiger partial charge on any atom is 0.241 e. The van der Waals surface area contributed by atoms with Crippen LogP contribution in [0, 0.1) is 0 Å². The zero-order valence-electron chi connectivity index (χ0n) is 7.29. The number of alkyl halides is 1.